The first-order valence-electron chi connectivity index (χ1n) is 6.49. The summed E-state index contributed by atoms with van der Waals surface area (Å²) in [4.78, 5) is 40.2. The van der Waals surface area contributed by atoms with E-state index in [2.05, 4.69) is 26.2 Å². The van der Waals surface area contributed by atoms with Crippen LogP contribution in [-0.2, 0) is 9.59 Å². The van der Waals surface area contributed by atoms with Gasteiger partial charge in [-0.3, -0.25) is 24.3 Å². The van der Waals surface area contributed by atoms with E-state index in [1.54, 1.807) is 25.1 Å². The second kappa shape index (κ2) is 5.07. The van der Waals surface area contributed by atoms with Gasteiger partial charge in [-0.1, -0.05) is 15.9 Å². The van der Waals surface area contributed by atoms with Crippen molar-refractivity contribution in [2.75, 3.05) is 0 Å². The molecular weight excluding hydrogens is 338 g/mol. The van der Waals surface area contributed by atoms with Crippen LogP contribution < -0.4 is 10.9 Å². The summed E-state index contributed by atoms with van der Waals surface area (Å²) in [5, 5.41) is 2.72. The Bertz CT molecular complexity index is 828. The van der Waals surface area contributed by atoms with Crippen LogP contribution in [0.5, 0.6) is 0 Å². The number of carbonyl (C=O) groups excluding carboxylic acids is 2. The molecule has 6 nitrogen and oxygen atoms in total. The zero-order chi connectivity index (χ0) is 15.1. The highest BCUT2D eigenvalue weighted by Gasteiger charge is 2.30. The van der Waals surface area contributed by atoms with Crippen LogP contribution >= 0.6 is 15.9 Å². The van der Waals surface area contributed by atoms with Gasteiger partial charge in [0.1, 0.15) is 11.9 Å². The summed E-state index contributed by atoms with van der Waals surface area (Å²) >= 11 is 3.34. The van der Waals surface area contributed by atoms with Gasteiger partial charge in [-0.2, -0.15) is 0 Å². The molecule has 0 bridgehead atoms. The molecule has 7 heteroatoms. The molecule has 2 aromatic rings. The number of nitrogens with zero attached hydrogens (tertiary/aromatic N) is 2. The number of imide groups is 1. The largest absolute Gasteiger partial charge is 0.295 e. The van der Waals surface area contributed by atoms with Gasteiger partial charge >= 0.3 is 0 Å². The van der Waals surface area contributed by atoms with Crippen molar-refractivity contribution in [2.45, 2.75) is 25.8 Å². The normalized spacial score (nSPS) is 18.9. The Kier molecular flexibility index (Phi) is 3.36. The van der Waals surface area contributed by atoms with Crippen LogP contribution in [0.15, 0.2) is 27.5 Å². The first-order valence-corrected chi connectivity index (χ1v) is 7.29. The van der Waals surface area contributed by atoms with Crippen LogP contribution in [0.1, 0.15) is 24.7 Å². The fourth-order valence-corrected chi connectivity index (χ4v) is 2.93. The van der Waals surface area contributed by atoms with Crippen LogP contribution in [0.2, 0.25) is 0 Å². The lowest BCUT2D eigenvalue weighted by molar-refractivity contribution is -0.135. The van der Waals surface area contributed by atoms with E-state index >= 15 is 0 Å². The molecule has 0 aliphatic carbocycles. The maximum Gasteiger partial charge on any atom is 0.262 e. The Hall–Kier alpha value is -2.02. The highest BCUT2D eigenvalue weighted by Crippen LogP contribution is 2.21. The summed E-state index contributed by atoms with van der Waals surface area (Å²) in [7, 11) is 0. The summed E-state index contributed by atoms with van der Waals surface area (Å²) in [5.41, 5.74) is 0.315. The predicted molar refractivity (Wildman–Crippen MR) is 79.9 cm³/mol. The number of aromatic nitrogens is 2. The molecule has 1 aliphatic rings. The maximum absolute atomic E-state index is 12.6. The molecule has 1 unspecified atom stereocenters. The number of amides is 2. The molecule has 1 atom stereocenters. The molecule has 1 saturated heterocycles. The van der Waals surface area contributed by atoms with E-state index < -0.39 is 11.9 Å². The van der Waals surface area contributed by atoms with E-state index in [0.717, 1.165) is 4.47 Å². The van der Waals surface area contributed by atoms with Gasteiger partial charge in [-0.25, -0.2) is 4.98 Å². The minimum atomic E-state index is -0.684. The number of nitrogens with one attached hydrogen (secondary N) is 1. The SMILES string of the molecule is Cc1nc2cc(Br)ccc2c(=O)n1C1CCC(=O)NC1=O. The smallest absolute Gasteiger partial charge is 0.262 e. The number of aryl methyl sites for hydroxylation is 1. The summed E-state index contributed by atoms with van der Waals surface area (Å²) in [6.07, 6.45) is 0.537. The van der Waals surface area contributed by atoms with Crippen LogP contribution in [-0.4, -0.2) is 21.4 Å². The van der Waals surface area contributed by atoms with Crippen molar-refractivity contribution in [3.63, 3.8) is 0 Å². The van der Waals surface area contributed by atoms with Gasteiger partial charge in [-0.15, -0.1) is 0 Å². The van der Waals surface area contributed by atoms with Gasteiger partial charge in [-0.05, 0) is 31.5 Å². The standard InChI is InChI=1S/C14H12BrN3O3/c1-7-16-10-6-8(15)2-3-9(10)14(21)18(7)11-4-5-12(19)17-13(11)20/h2-3,6,11H,4-5H2,1H3,(H,17,19,20). The van der Waals surface area contributed by atoms with E-state index in [1.165, 1.54) is 4.57 Å². The average molecular weight is 350 g/mol. The number of piperidine rings is 1. The highest BCUT2D eigenvalue weighted by atomic mass is 79.9. The fourth-order valence-electron chi connectivity index (χ4n) is 2.58. The van der Waals surface area contributed by atoms with E-state index in [4.69, 9.17) is 0 Å². The first kappa shape index (κ1) is 13.9. The number of halogens is 1. The third-order valence-corrected chi connectivity index (χ3v) is 4.05. The van der Waals surface area contributed by atoms with E-state index in [9.17, 15) is 14.4 Å². The van der Waals surface area contributed by atoms with Gasteiger partial charge < -0.3 is 0 Å². The summed E-state index contributed by atoms with van der Waals surface area (Å²) in [6.45, 7) is 1.69. The Morgan fingerprint density at radius 1 is 1.33 bits per heavy atom. The van der Waals surface area contributed by atoms with Crippen LogP contribution in [0.25, 0.3) is 10.9 Å². The molecule has 2 heterocycles. The second-order valence-corrected chi connectivity index (χ2v) is 5.88. The molecule has 1 fully saturated rings. The van der Waals surface area contributed by atoms with Crippen molar-refractivity contribution < 1.29 is 9.59 Å². The average Bonchev–Trinajstić information content (AvgIpc) is 2.40. The Labute approximate surface area is 128 Å². The number of hydrogen-bond donors (Lipinski definition) is 1. The van der Waals surface area contributed by atoms with Crippen molar-refractivity contribution in [2.24, 2.45) is 0 Å². The molecular formula is C14H12BrN3O3. The topological polar surface area (TPSA) is 81.1 Å². The van der Waals surface area contributed by atoms with Gasteiger partial charge in [0, 0.05) is 10.9 Å². The monoisotopic (exact) mass is 349 g/mol. The van der Waals surface area contributed by atoms with Crippen molar-refractivity contribution in [3.05, 3.63) is 38.9 Å². The molecule has 3 rings (SSSR count). The lowest BCUT2D eigenvalue weighted by Gasteiger charge is -2.24. The van der Waals surface area contributed by atoms with Gasteiger partial charge in [0.05, 0.1) is 10.9 Å². The summed E-state index contributed by atoms with van der Waals surface area (Å²) < 4.78 is 2.21. The van der Waals surface area contributed by atoms with Gasteiger partial charge in [0.15, 0.2) is 0 Å². The van der Waals surface area contributed by atoms with Crippen LogP contribution in [0.3, 0.4) is 0 Å². The number of fused-ring (bicyclic) bond motifs is 1. The van der Waals surface area contributed by atoms with Crippen molar-refractivity contribution in [1.82, 2.24) is 14.9 Å². The molecule has 1 aromatic heterocycles. The van der Waals surface area contributed by atoms with E-state index in [1.807, 2.05) is 0 Å². The zero-order valence-corrected chi connectivity index (χ0v) is 12.8. The zero-order valence-electron chi connectivity index (χ0n) is 11.2. The second-order valence-electron chi connectivity index (χ2n) is 4.96. The van der Waals surface area contributed by atoms with E-state index in [-0.39, 0.29) is 17.9 Å². The Morgan fingerprint density at radius 2 is 2.10 bits per heavy atom. The van der Waals surface area contributed by atoms with Gasteiger partial charge in [0.25, 0.3) is 5.56 Å². The molecule has 108 valence electrons. The molecule has 1 aromatic carbocycles. The molecule has 1 N–H and O–H groups in total. The first-order chi connectivity index (χ1) is 9.97. The molecule has 21 heavy (non-hydrogen) atoms. The quantitative estimate of drug-likeness (QED) is 0.790. The Balaban J connectivity index is 2.19. The van der Waals surface area contributed by atoms with Gasteiger partial charge in [0.2, 0.25) is 11.8 Å². The van der Waals surface area contributed by atoms with Crippen LogP contribution in [0, 0.1) is 6.92 Å². The molecule has 2 amide bonds. The predicted octanol–water partition coefficient (Wildman–Crippen LogP) is 1.45. The number of rotatable bonds is 1. The minimum absolute atomic E-state index is 0.223. The molecule has 1 aliphatic heterocycles. The summed E-state index contributed by atoms with van der Waals surface area (Å²) in [5.74, 6) is -0.297. The molecule has 0 radical (unpaired) electrons. The molecule has 0 spiro atoms. The lowest BCUT2D eigenvalue weighted by atomic mass is 10.1. The van der Waals surface area contributed by atoms with Crippen molar-refractivity contribution in [1.29, 1.82) is 0 Å². The van der Waals surface area contributed by atoms with E-state index in [0.29, 0.717) is 23.1 Å². The third kappa shape index (κ3) is 2.37. The van der Waals surface area contributed by atoms with Crippen molar-refractivity contribution >= 4 is 38.6 Å². The Morgan fingerprint density at radius 3 is 2.81 bits per heavy atom. The summed E-state index contributed by atoms with van der Waals surface area (Å²) in [6, 6.07) is 4.51. The minimum Gasteiger partial charge on any atom is -0.295 e. The third-order valence-electron chi connectivity index (χ3n) is 3.56. The fraction of sp³-hybridized carbons (Fsp3) is 0.286. The lowest BCUT2D eigenvalue weighted by Crippen LogP contribution is -2.45. The molecule has 0 saturated carbocycles. The maximum atomic E-state index is 12.6. The number of benzene rings is 1. The van der Waals surface area contributed by atoms with Crippen LogP contribution in [0.4, 0.5) is 0 Å². The highest BCUT2D eigenvalue weighted by molar-refractivity contribution is 9.10. The number of carbonyl (C=O) groups is 2. The van der Waals surface area contributed by atoms with Crippen molar-refractivity contribution in [3.8, 4) is 0 Å². The number of hydrogen-bond acceptors (Lipinski definition) is 4.